The van der Waals surface area contributed by atoms with Gasteiger partial charge in [0.25, 0.3) is 0 Å². The number of hydrogen-bond acceptors (Lipinski definition) is 2. The van der Waals surface area contributed by atoms with Gasteiger partial charge in [-0.2, -0.15) is 0 Å². The van der Waals surface area contributed by atoms with Gasteiger partial charge in [0.15, 0.2) is 0 Å². The highest BCUT2D eigenvalue weighted by Gasteiger charge is 2.55. The second-order valence-electron chi connectivity index (χ2n) is 5.48. The van der Waals surface area contributed by atoms with Crippen molar-refractivity contribution < 1.29 is 14.3 Å². The minimum atomic E-state index is -0.488. The van der Waals surface area contributed by atoms with Crippen LogP contribution in [0.4, 0.5) is 4.39 Å². The molecule has 1 aromatic rings. The lowest BCUT2D eigenvalue weighted by Gasteiger charge is -2.20. The lowest BCUT2D eigenvalue weighted by molar-refractivity contribution is -0.124. The van der Waals surface area contributed by atoms with Gasteiger partial charge in [0, 0.05) is 0 Å². The molecule has 96 valence electrons. The number of carbonyl (C=O) groups is 1. The number of aliphatic hydroxyl groups is 1. The molecular weight excluding hydrogens is 233 g/mol. The van der Waals surface area contributed by atoms with Crippen molar-refractivity contribution in [3.05, 3.63) is 35.6 Å². The average Bonchev–Trinajstić information content (AvgIpc) is 3.25. The Labute approximate surface area is 105 Å². The van der Waals surface area contributed by atoms with Crippen molar-refractivity contribution in [3.8, 4) is 0 Å². The van der Waals surface area contributed by atoms with Crippen LogP contribution in [-0.2, 0) is 10.2 Å². The molecule has 0 bridgehead atoms. The lowest BCUT2D eigenvalue weighted by Crippen LogP contribution is -2.45. The number of rotatable bonds is 4. The zero-order valence-electron chi connectivity index (χ0n) is 10.1. The van der Waals surface area contributed by atoms with Gasteiger partial charge in [-0.25, -0.2) is 4.39 Å². The van der Waals surface area contributed by atoms with Gasteiger partial charge in [0.1, 0.15) is 5.82 Å². The Kier molecular flexibility index (Phi) is 2.45. The summed E-state index contributed by atoms with van der Waals surface area (Å²) in [4.78, 5) is 12.3. The van der Waals surface area contributed by atoms with Gasteiger partial charge in [-0.3, -0.25) is 4.79 Å². The third kappa shape index (κ3) is 1.81. The van der Waals surface area contributed by atoms with Crippen LogP contribution in [0.5, 0.6) is 0 Å². The van der Waals surface area contributed by atoms with Crippen molar-refractivity contribution >= 4 is 5.91 Å². The van der Waals surface area contributed by atoms with Gasteiger partial charge >= 0.3 is 0 Å². The molecule has 3 rings (SSSR count). The van der Waals surface area contributed by atoms with E-state index in [1.807, 2.05) is 0 Å². The standard InChI is InChI=1S/C14H16FNO2/c15-11-3-1-10(2-4-11)14(7-8-14)12(18)16-13(9-17)5-6-13/h1-4,17H,5-9H2,(H,16,18). The molecule has 0 saturated heterocycles. The fourth-order valence-corrected chi connectivity index (χ4v) is 2.37. The quantitative estimate of drug-likeness (QED) is 0.849. The maximum Gasteiger partial charge on any atom is 0.231 e. The maximum atomic E-state index is 12.9. The number of carbonyl (C=O) groups excluding carboxylic acids is 1. The fourth-order valence-electron chi connectivity index (χ4n) is 2.37. The molecule has 4 heteroatoms. The molecule has 2 N–H and O–H groups in total. The van der Waals surface area contributed by atoms with E-state index in [2.05, 4.69) is 5.32 Å². The van der Waals surface area contributed by atoms with E-state index in [4.69, 9.17) is 0 Å². The summed E-state index contributed by atoms with van der Waals surface area (Å²) in [6, 6.07) is 6.14. The zero-order chi connectivity index (χ0) is 12.8. The predicted molar refractivity (Wildman–Crippen MR) is 64.5 cm³/mol. The van der Waals surface area contributed by atoms with Gasteiger partial charge in [-0.1, -0.05) is 12.1 Å². The molecule has 0 aliphatic heterocycles. The first-order chi connectivity index (χ1) is 8.60. The molecule has 1 amide bonds. The molecule has 2 aliphatic carbocycles. The van der Waals surface area contributed by atoms with Crippen LogP contribution in [0.15, 0.2) is 24.3 Å². The molecule has 0 unspecified atom stereocenters. The van der Waals surface area contributed by atoms with Crippen LogP contribution in [0.2, 0.25) is 0 Å². The lowest BCUT2D eigenvalue weighted by atomic mass is 9.94. The summed E-state index contributed by atoms with van der Waals surface area (Å²) in [6.07, 6.45) is 3.28. The number of hydrogen-bond donors (Lipinski definition) is 2. The second kappa shape index (κ2) is 3.79. The molecule has 2 fully saturated rings. The van der Waals surface area contributed by atoms with E-state index < -0.39 is 5.41 Å². The van der Waals surface area contributed by atoms with E-state index in [9.17, 15) is 14.3 Å². The molecule has 2 aliphatic rings. The van der Waals surface area contributed by atoms with E-state index in [1.165, 1.54) is 12.1 Å². The van der Waals surface area contributed by atoms with Gasteiger partial charge in [-0.15, -0.1) is 0 Å². The molecule has 0 heterocycles. The van der Waals surface area contributed by atoms with Crippen LogP contribution in [0.25, 0.3) is 0 Å². The number of halogens is 1. The number of nitrogens with one attached hydrogen (secondary N) is 1. The normalized spacial score (nSPS) is 22.3. The monoisotopic (exact) mass is 249 g/mol. The van der Waals surface area contributed by atoms with Crippen molar-refractivity contribution in [2.75, 3.05) is 6.61 Å². The molecule has 0 atom stereocenters. The van der Waals surface area contributed by atoms with E-state index in [-0.39, 0.29) is 23.9 Å². The fraction of sp³-hybridized carbons (Fsp3) is 0.500. The highest BCUT2D eigenvalue weighted by Crippen LogP contribution is 2.49. The van der Waals surface area contributed by atoms with Gasteiger partial charge in [0.05, 0.1) is 17.6 Å². The summed E-state index contributed by atoms with van der Waals surface area (Å²) in [7, 11) is 0. The van der Waals surface area contributed by atoms with Gasteiger partial charge in [0.2, 0.25) is 5.91 Å². The second-order valence-corrected chi connectivity index (χ2v) is 5.48. The number of amides is 1. The van der Waals surface area contributed by atoms with Gasteiger partial charge < -0.3 is 10.4 Å². The third-order valence-electron chi connectivity index (χ3n) is 4.12. The van der Waals surface area contributed by atoms with Crippen LogP contribution in [0.3, 0.4) is 0 Å². The Morgan fingerprint density at radius 2 is 1.83 bits per heavy atom. The third-order valence-corrected chi connectivity index (χ3v) is 4.12. The highest BCUT2D eigenvalue weighted by atomic mass is 19.1. The van der Waals surface area contributed by atoms with E-state index >= 15 is 0 Å². The first-order valence-electron chi connectivity index (χ1n) is 6.30. The van der Waals surface area contributed by atoms with Crippen LogP contribution in [0, 0.1) is 5.82 Å². The van der Waals surface area contributed by atoms with Gasteiger partial charge in [-0.05, 0) is 43.4 Å². The van der Waals surface area contributed by atoms with Crippen LogP contribution < -0.4 is 5.32 Å². The van der Waals surface area contributed by atoms with Crippen molar-refractivity contribution in [2.45, 2.75) is 36.6 Å². The summed E-state index contributed by atoms with van der Waals surface area (Å²) < 4.78 is 12.9. The number of benzene rings is 1. The highest BCUT2D eigenvalue weighted by molar-refractivity contribution is 5.92. The van der Waals surface area contributed by atoms with E-state index in [0.717, 1.165) is 31.2 Å². The molecule has 18 heavy (non-hydrogen) atoms. The number of aliphatic hydroxyl groups excluding tert-OH is 1. The predicted octanol–water partition coefficient (Wildman–Crippen LogP) is 1.50. The van der Waals surface area contributed by atoms with Crippen LogP contribution in [-0.4, -0.2) is 23.2 Å². The minimum Gasteiger partial charge on any atom is -0.394 e. The Morgan fingerprint density at radius 3 is 2.28 bits per heavy atom. The smallest absolute Gasteiger partial charge is 0.231 e. The Hall–Kier alpha value is -1.42. The topological polar surface area (TPSA) is 49.3 Å². The molecular formula is C14H16FNO2. The average molecular weight is 249 g/mol. The summed E-state index contributed by atoms with van der Waals surface area (Å²) in [6.45, 7) is -0.00175. The zero-order valence-corrected chi connectivity index (χ0v) is 10.1. The van der Waals surface area contributed by atoms with Crippen molar-refractivity contribution in [1.82, 2.24) is 5.32 Å². The van der Waals surface area contributed by atoms with E-state index in [1.54, 1.807) is 12.1 Å². The summed E-state index contributed by atoms with van der Waals surface area (Å²) in [5.41, 5.74) is 0.000623. The van der Waals surface area contributed by atoms with E-state index in [0.29, 0.717) is 0 Å². The minimum absolute atomic E-state index is 0.00175. The SMILES string of the molecule is O=C(NC1(CO)CC1)C1(c2ccc(F)cc2)CC1. The first-order valence-corrected chi connectivity index (χ1v) is 6.30. The van der Waals surface area contributed by atoms with Crippen molar-refractivity contribution in [1.29, 1.82) is 0 Å². The van der Waals surface area contributed by atoms with Crippen LogP contribution >= 0.6 is 0 Å². The molecule has 2 saturated carbocycles. The largest absolute Gasteiger partial charge is 0.394 e. The maximum absolute atomic E-state index is 12.9. The van der Waals surface area contributed by atoms with Crippen molar-refractivity contribution in [2.24, 2.45) is 0 Å². The Bertz CT molecular complexity index is 475. The molecule has 0 radical (unpaired) electrons. The molecule has 3 nitrogen and oxygen atoms in total. The summed E-state index contributed by atoms with van der Waals surface area (Å²) in [5.74, 6) is -0.315. The summed E-state index contributed by atoms with van der Waals surface area (Å²) in [5, 5.41) is 12.2. The van der Waals surface area contributed by atoms with Crippen LogP contribution in [0.1, 0.15) is 31.2 Å². The molecule has 0 aromatic heterocycles. The molecule has 0 spiro atoms. The first kappa shape index (κ1) is 11.7. The van der Waals surface area contributed by atoms with Crippen molar-refractivity contribution in [3.63, 3.8) is 0 Å². The Morgan fingerprint density at radius 1 is 1.22 bits per heavy atom. The molecule has 1 aromatic carbocycles. The summed E-state index contributed by atoms with van der Waals surface area (Å²) >= 11 is 0. The Balaban J connectivity index is 1.78.